The van der Waals surface area contributed by atoms with Crippen LogP contribution in [0.15, 0.2) is 73.8 Å². The van der Waals surface area contributed by atoms with Crippen molar-refractivity contribution < 1.29 is 4.74 Å². The van der Waals surface area contributed by atoms with Gasteiger partial charge in [0.05, 0.1) is 13.2 Å². The fourth-order valence-corrected chi connectivity index (χ4v) is 4.49. The second-order valence-corrected chi connectivity index (χ2v) is 8.79. The molecule has 3 rings (SSSR count). The molecular formula is C29H38O. The third-order valence-corrected chi connectivity index (χ3v) is 6.53. The lowest BCUT2D eigenvalue weighted by molar-refractivity contribution is 0.125. The molecule has 0 N–H and O–H groups in total. The van der Waals surface area contributed by atoms with E-state index in [4.69, 9.17) is 4.74 Å². The first-order valence-electron chi connectivity index (χ1n) is 11.8. The summed E-state index contributed by atoms with van der Waals surface area (Å²) in [5.41, 5.74) is 5.24. The van der Waals surface area contributed by atoms with E-state index in [0.717, 1.165) is 24.9 Å². The van der Waals surface area contributed by atoms with Crippen molar-refractivity contribution in [3.8, 4) is 11.1 Å². The minimum absolute atomic E-state index is 0.669. The van der Waals surface area contributed by atoms with Gasteiger partial charge in [-0.05, 0) is 79.0 Å². The van der Waals surface area contributed by atoms with Gasteiger partial charge in [0.2, 0.25) is 0 Å². The van der Waals surface area contributed by atoms with Gasteiger partial charge < -0.3 is 4.74 Å². The van der Waals surface area contributed by atoms with Crippen molar-refractivity contribution in [2.24, 2.45) is 11.8 Å². The topological polar surface area (TPSA) is 9.23 Å². The number of benzene rings is 2. The summed E-state index contributed by atoms with van der Waals surface area (Å²) >= 11 is 0. The maximum atomic E-state index is 5.64. The smallest absolute Gasteiger partial charge is 0.0717 e. The first-order valence-corrected chi connectivity index (χ1v) is 11.8. The van der Waals surface area contributed by atoms with Crippen LogP contribution in [0.5, 0.6) is 0 Å². The van der Waals surface area contributed by atoms with Crippen LogP contribution in [0.4, 0.5) is 0 Å². The highest BCUT2D eigenvalue weighted by Gasteiger charge is 2.18. The van der Waals surface area contributed by atoms with Crippen molar-refractivity contribution in [2.45, 2.75) is 64.4 Å². The van der Waals surface area contributed by atoms with E-state index < -0.39 is 0 Å². The standard InChI is InChI=1S/C29H38O/c1-3-5-22-30-23-27-16-20-29(21-17-27)28-18-14-26(15-19-28)9-7-6-8-25-12-10-24(4-2)11-13-25/h3-4,14-21,24-25H,1-2,5-13,22-23H2/t24-,25-. The van der Waals surface area contributed by atoms with Crippen molar-refractivity contribution in [2.75, 3.05) is 6.61 Å². The first kappa shape index (κ1) is 22.6. The number of rotatable bonds is 12. The third kappa shape index (κ3) is 7.29. The van der Waals surface area contributed by atoms with E-state index in [9.17, 15) is 0 Å². The van der Waals surface area contributed by atoms with Crippen LogP contribution in [-0.4, -0.2) is 6.61 Å². The van der Waals surface area contributed by atoms with Crippen molar-refractivity contribution in [1.29, 1.82) is 0 Å². The maximum Gasteiger partial charge on any atom is 0.0717 e. The van der Waals surface area contributed by atoms with E-state index in [-0.39, 0.29) is 0 Å². The zero-order valence-corrected chi connectivity index (χ0v) is 18.5. The summed E-state index contributed by atoms with van der Waals surface area (Å²) in [7, 11) is 0. The van der Waals surface area contributed by atoms with E-state index >= 15 is 0 Å². The van der Waals surface area contributed by atoms with Gasteiger partial charge in [0.1, 0.15) is 0 Å². The van der Waals surface area contributed by atoms with Gasteiger partial charge in [-0.1, -0.05) is 73.5 Å². The molecule has 1 fully saturated rings. The Morgan fingerprint density at radius 1 is 0.800 bits per heavy atom. The van der Waals surface area contributed by atoms with Gasteiger partial charge in [-0.15, -0.1) is 13.2 Å². The Labute approximate surface area is 183 Å². The molecular weight excluding hydrogens is 364 g/mol. The van der Waals surface area contributed by atoms with Gasteiger partial charge in [0.25, 0.3) is 0 Å². The Bertz CT molecular complexity index is 748. The highest BCUT2D eigenvalue weighted by atomic mass is 16.5. The van der Waals surface area contributed by atoms with Crippen LogP contribution in [0.2, 0.25) is 0 Å². The Morgan fingerprint density at radius 2 is 1.43 bits per heavy atom. The zero-order chi connectivity index (χ0) is 21.0. The van der Waals surface area contributed by atoms with Crippen molar-refractivity contribution in [3.63, 3.8) is 0 Å². The van der Waals surface area contributed by atoms with Crippen LogP contribution >= 0.6 is 0 Å². The molecule has 160 valence electrons. The molecule has 1 saturated carbocycles. The number of hydrogen-bond donors (Lipinski definition) is 0. The molecule has 2 aromatic rings. The van der Waals surface area contributed by atoms with Gasteiger partial charge >= 0.3 is 0 Å². The molecule has 0 aliphatic heterocycles. The summed E-state index contributed by atoms with van der Waals surface area (Å²) in [4.78, 5) is 0. The van der Waals surface area contributed by atoms with Crippen LogP contribution in [0.25, 0.3) is 11.1 Å². The Kier molecular flexibility index (Phi) is 9.44. The number of unbranched alkanes of at least 4 members (excludes halogenated alkanes) is 1. The monoisotopic (exact) mass is 402 g/mol. The summed E-state index contributed by atoms with van der Waals surface area (Å²) in [6.45, 7) is 9.08. The maximum absolute atomic E-state index is 5.64. The molecule has 1 aliphatic carbocycles. The van der Waals surface area contributed by atoms with E-state index in [1.54, 1.807) is 0 Å². The molecule has 0 amide bonds. The van der Waals surface area contributed by atoms with Crippen molar-refractivity contribution >= 4 is 0 Å². The predicted octanol–water partition coefficient (Wildman–Crippen LogP) is 8.15. The molecule has 0 heterocycles. The average molecular weight is 403 g/mol. The lowest BCUT2D eigenvalue weighted by Gasteiger charge is -2.26. The number of ether oxygens (including phenoxy) is 1. The fraction of sp³-hybridized carbons (Fsp3) is 0.448. The summed E-state index contributed by atoms with van der Waals surface area (Å²) in [6.07, 6.45) is 15.8. The molecule has 0 unspecified atom stereocenters. The summed E-state index contributed by atoms with van der Waals surface area (Å²) < 4.78 is 5.64. The average Bonchev–Trinajstić information content (AvgIpc) is 2.81. The SMILES string of the molecule is C=CCCOCc1ccc(-c2ccc(CCCC[C@H]3CC[C@H](C=C)CC3)cc2)cc1. The highest BCUT2D eigenvalue weighted by Crippen LogP contribution is 2.32. The molecule has 0 bridgehead atoms. The van der Waals surface area contributed by atoms with Gasteiger partial charge in [-0.3, -0.25) is 0 Å². The lowest BCUT2D eigenvalue weighted by Crippen LogP contribution is -2.12. The van der Waals surface area contributed by atoms with Crippen LogP contribution in [0.1, 0.15) is 62.5 Å². The molecule has 1 nitrogen and oxygen atoms in total. The fourth-order valence-electron chi connectivity index (χ4n) is 4.49. The molecule has 0 saturated heterocycles. The largest absolute Gasteiger partial charge is 0.376 e. The van der Waals surface area contributed by atoms with Crippen LogP contribution in [-0.2, 0) is 17.8 Å². The summed E-state index contributed by atoms with van der Waals surface area (Å²) in [5, 5.41) is 0. The molecule has 30 heavy (non-hydrogen) atoms. The molecule has 2 aromatic carbocycles. The molecule has 1 aliphatic rings. The van der Waals surface area contributed by atoms with E-state index in [0.29, 0.717) is 6.61 Å². The van der Waals surface area contributed by atoms with Crippen molar-refractivity contribution in [1.82, 2.24) is 0 Å². The minimum atomic E-state index is 0.669. The number of allylic oxidation sites excluding steroid dienone is 1. The molecule has 0 spiro atoms. The number of hydrogen-bond acceptors (Lipinski definition) is 1. The quantitative estimate of drug-likeness (QED) is 0.257. The highest BCUT2D eigenvalue weighted by molar-refractivity contribution is 5.63. The van der Waals surface area contributed by atoms with Gasteiger partial charge in [0.15, 0.2) is 0 Å². The summed E-state index contributed by atoms with van der Waals surface area (Å²) in [5.74, 6) is 1.74. The first-order chi connectivity index (χ1) is 14.8. The molecule has 1 heteroatoms. The summed E-state index contributed by atoms with van der Waals surface area (Å²) in [6, 6.07) is 17.9. The number of aryl methyl sites for hydroxylation is 1. The van der Waals surface area contributed by atoms with Crippen LogP contribution in [0, 0.1) is 11.8 Å². The Morgan fingerprint density at radius 3 is 2.03 bits per heavy atom. The minimum Gasteiger partial charge on any atom is -0.376 e. The third-order valence-electron chi connectivity index (χ3n) is 6.53. The van der Waals surface area contributed by atoms with Gasteiger partial charge in [0, 0.05) is 0 Å². The Hall–Kier alpha value is -2.12. The Balaban J connectivity index is 1.38. The van der Waals surface area contributed by atoms with E-state index in [2.05, 4.69) is 67.8 Å². The second-order valence-electron chi connectivity index (χ2n) is 8.79. The van der Waals surface area contributed by atoms with Crippen LogP contribution < -0.4 is 0 Å². The second kappa shape index (κ2) is 12.5. The molecule has 0 radical (unpaired) electrons. The normalized spacial score (nSPS) is 18.8. The van der Waals surface area contributed by atoms with Crippen LogP contribution in [0.3, 0.4) is 0 Å². The predicted molar refractivity (Wildman–Crippen MR) is 130 cm³/mol. The van der Waals surface area contributed by atoms with Gasteiger partial charge in [-0.2, -0.15) is 0 Å². The molecule has 0 aromatic heterocycles. The molecule has 0 atom stereocenters. The van der Waals surface area contributed by atoms with E-state index in [1.807, 2.05) is 6.08 Å². The van der Waals surface area contributed by atoms with E-state index in [1.165, 1.54) is 73.6 Å². The van der Waals surface area contributed by atoms with Crippen molar-refractivity contribution in [3.05, 3.63) is 85.0 Å². The van der Waals surface area contributed by atoms with Gasteiger partial charge in [-0.25, -0.2) is 0 Å². The lowest BCUT2D eigenvalue weighted by atomic mass is 9.80. The zero-order valence-electron chi connectivity index (χ0n) is 18.5.